The minimum Gasteiger partial charge on any atom is -0.454 e. The molecule has 0 spiro atoms. The Labute approximate surface area is 213 Å². The molecule has 1 aliphatic heterocycles. The van der Waals surface area contributed by atoms with Crippen LogP contribution in [0.4, 0.5) is 11.4 Å². The van der Waals surface area contributed by atoms with E-state index in [4.69, 9.17) is 9.47 Å². The molecule has 0 aliphatic carbocycles. The monoisotopic (exact) mass is 496 g/mol. The van der Waals surface area contributed by atoms with Gasteiger partial charge in [-0.1, -0.05) is 54.1 Å². The fourth-order valence-electron chi connectivity index (χ4n) is 3.77. The maximum Gasteiger partial charge on any atom is 0.255 e. The SMILES string of the molecule is Cc1ccc(C(=O)Nc2cccc(SC(C(=O)Nc3ccc4c(c3)OCO4)c3ccccc3)c2)cc1. The zero-order valence-corrected chi connectivity index (χ0v) is 20.4. The average molecular weight is 497 g/mol. The van der Waals surface area contributed by atoms with Crippen LogP contribution in [0.15, 0.2) is 102 Å². The van der Waals surface area contributed by atoms with Crippen LogP contribution in [0.3, 0.4) is 0 Å². The van der Waals surface area contributed by atoms with E-state index in [0.717, 1.165) is 16.0 Å². The van der Waals surface area contributed by atoms with E-state index in [-0.39, 0.29) is 18.6 Å². The molecule has 0 saturated heterocycles. The quantitative estimate of drug-likeness (QED) is 0.288. The van der Waals surface area contributed by atoms with Crippen LogP contribution in [-0.4, -0.2) is 18.6 Å². The van der Waals surface area contributed by atoms with Crippen LogP contribution in [-0.2, 0) is 4.79 Å². The predicted molar refractivity (Wildman–Crippen MR) is 142 cm³/mol. The van der Waals surface area contributed by atoms with Gasteiger partial charge in [-0.3, -0.25) is 9.59 Å². The van der Waals surface area contributed by atoms with Crippen molar-refractivity contribution in [3.05, 3.63) is 114 Å². The van der Waals surface area contributed by atoms with E-state index in [9.17, 15) is 9.59 Å². The molecule has 1 aliphatic rings. The molecule has 2 N–H and O–H groups in total. The molecule has 5 rings (SSSR count). The van der Waals surface area contributed by atoms with E-state index in [1.807, 2.05) is 73.7 Å². The average Bonchev–Trinajstić information content (AvgIpc) is 3.36. The first-order valence-corrected chi connectivity index (χ1v) is 12.3. The topological polar surface area (TPSA) is 76.7 Å². The van der Waals surface area contributed by atoms with Crippen LogP contribution >= 0.6 is 11.8 Å². The van der Waals surface area contributed by atoms with E-state index in [2.05, 4.69) is 10.6 Å². The first kappa shape index (κ1) is 23.5. The lowest BCUT2D eigenvalue weighted by molar-refractivity contribution is -0.115. The first-order chi connectivity index (χ1) is 17.5. The second kappa shape index (κ2) is 10.6. The molecule has 0 bridgehead atoms. The zero-order chi connectivity index (χ0) is 24.9. The summed E-state index contributed by atoms with van der Waals surface area (Å²) >= 11 is 1.41. The Balaban J connectivity index is 1.34. The fraction of sp³-hybridized carbons (Fsp3) is 0.103. The Kier molecular flexibility index (Phi) is 6.91. The first-order valence-electron chi connectivity index (χ1n) is 11.5. The van der Waals surface area contributed by atoms with E-state index < -0.39 is 5.25 Å². The molecule has 1 unspecified atom stereocenters. The van der Waals surface area contributed by atoms with Gasteiger partial charge in [0.2, 0.25) is 12.7 Å². The van der Waals surface area contributed by atoms with Gasteiger partial charge in [0, 0.05) is 27.9 Å². The minimum absolute atomic E-state index is 0.167. The summed E-state index contributed by atoms with van der Waals surface area (Å²) in [5.41, 5.74) is 3.84. The number of thioether (sulfide) groups is 1. The molecule has 1 heterocycles. The van der Waals surface area contributed by atoms with Gasteiger partial charge in [0.1, 0.15) is 5.25 Å². The second-order valence-corrected chi connectivity index (χ2v) is 9.49. The van der Waals surface area contributed by atoms with Gasteiger partial charge in [0.25, 0.3) is 5.91 Å². The number of ether oxygens (including phenoxy) is 2. The Morgan fingerprint density at radius 2 is 1.53 bits per heavy atom. The van der Waals surface area contributed by atoms with Crippen molar-refractivity contribution >= 4 is 35.0 Å². The standard InChI is InChI=1S/C29H24N2O4S/c1-19-10-12-21(13-11-19)28(32)30-22-8-5-9-24(16-22)36-27(20-6-3-2-4-7-20)29(33)31-23-14-15-25-26(17-23)35-18-34-25/h2-17,27H,18H2,1H3,(H,30,32)(H,31,33). The predicted octanol–water partition coefficient (Wildman–Crippen LogP) is 6.45. The fourth-order valence-corrected chi connectivity index (χ4v) is 4.86. The van der Waals surface area contributed by atoms with Gasteiger partial charge >= 0.3 is 0 Å². The van der Waals surface area contributed by atoms with Crippen molar-refractivity contribution in [2.24, 2.45) is 0 Å². The number of fused-ring (bicyclic) bond motifs is 1. The maximum atomic E-state index is 13.4. The van der Waals surface area contributed by atoms with Crippen molar-refractivity contribution in [1.82, 2.24) is 0 Å². The highest BCUT2D eigenvalue weighted by Crippen LogP contribution is 2.38. The number of hydrogen-bond donors (Lipinski definition) is 2. The second-order valence-electron chi connectivity index (χ2n) is 8.31. The van der Waals surface area contributed by atoms with E-state index in [1.54, 1.807) is 30.3 Å². The van der Waals surface area contributed by atoms with Gasteiger partial charge in [0.15, 0.2) is 11.5 Å². The number of hydrogen-bond acceptors (Lipinski definition) is 5. The third-order valence-electron chi connectivity index (χ3n) is 5.64. The summed E-state index contributed by atoms with van der Waals surface area (Å²) in [6.45, 7) is 2.15. The largest absolute Gasteiger partial charge is 0.454 e. The van der Waals surface area contributed by atoms with E-state index in [0.29, 0.717) is 28.4 Å². The number of carbonyl (C=O) groups is 2. The van der Waals surface area contributed by atoms with Crippen LogP contribution in [0.25, 0.3) is 0 Å². The molecule has 7 heteroatoms. The summed E-state index contributed by atoms with van der Waals surface area (Å²) in [6.07, 6.45) is 0. The highest BCUT2D eigenvalue weighted by molar-refractivity contribution is 8.00. The van der Waals surface area contributed by atoms with Crippen LogP contribution in [0.2, 0.25) is 0 Å². The van der Waals surface area contributed by atoms with Crippen LogP contribution in [0, 0.1) is 6.92 Å². The molecule has 0 saturated carbocycles. The Morgan fingerprint density at radius 1 is 0.778 bits per heavy atom. The highest BCUT2D eigenvalue weighted by atomic mass is 32.2. The summed E-state index contributed by atoms with van der Waals surface area (Å²) in [4.78, 5) is 26.9. The Hall–Kier alpha value is -4.23. The lowest BCUT2D eigenvalue weighted by Gasteiger charge is -2.18. The molecular weight excluding hydrogens is 472 g/mol. The van der Waals surface area contributed by atoms with Crippen LogP contribution < -0.4 is 20.1 Å². The van der Waals surface area contributed by atoms with Gasteiger partial charge in [-0.05, 0) is 55.0 Å². The van der Waals surface area contributed by atoms with Crippen molar-refractivity contribution in [2.45, 2.75) is 17.1 Å². The molecule has 6 nitrogen and oxygen atoms in total. The van der Waals surface area contributed by atoms with Crippen molar-refractivity contribution in [3.8, 4) is 11.5 Å². The zero-order valence-electron chi connectivity index (χ0n) is 19.6. The molecular formula is C29H24N2O4S. The Morgan fingerprint density at radius 3 is 2.33 bits per heavy atom. The minimum atomic E-state index is -0.514. The van der Waals surface area contributed by atoms with Crippen molar-refractivity contribution < 1.29 is 19.1 Å². The molecule has 1 atom stereocenters. The van der Waals surface area contributed by atoms with E-state index >= 15 is 0 Å². The van der Waals surface area contributed by atoms with Gasteiger partial charge in [0.05, 0.1) is 0 Å². The van der Waals surface area contributed by atoms with Crippen molar-refractivity contribution in [3.63, 3.8) is 0 Å². The third-order valence-corrected chi connectivity index (χ3v) is 6.89. The molecule has 0 fully saturated rings. The van der Waals surface area contributed by atoms with Gasteiger partial charge in [-0.15, -0.1) is 11.8 Å². The van der Waals surface area contributed by atoms with Crippen LogP contribution in [0.1, 0.15) is 26.7 Å². The number of carbonyl (C=O) groups excluding carboxylic acids is 2. The van der Waals surface area contributed by atoms with Gasteiger partial charge in [-0.2, -0.15) is 0 Å². The normalized spacial score (nSPS) is 12.6. The highest BCUT2D eigenvalue weighted by Gasteiger charge is 2.23. The number of nitrogens with one attached hydrogen (secondary N) is 2. The number of aryl methyl sites for hydroxylation is 1. The Bertz CT molecular complexity index is 1390. The lowest BCUT2D eigenvalue weighted by atomic mass is 10.1. The van der Waals surface area contributed by atoms with Gasteiger partial charge < -0.3 is 20.1 Å². The summed E-state index contributed by atoms with van der Waals surface area (Å²) in [5, 5.41) is 5.43. The summed E-state index contributed by atoms with van der Waals surface area (Å²) < 4.78 is 10.8. The molecule has 0 radical (unpaired) electrons. The van der Waals surface area contributed by atoms with Gasteiger partial charge in [-0.25, -0.2) is 0 Å². The molecule has 4 aromatic carbocycles. The smallest absolute Gasteiger partial charge is 0.255 e. The van der Waals surface area contributed by atoms with E-state index in [1.165, 1.54) is 11.8 Å². The van der Waals surface area contributed by atoms with Crippen LogP contribution in [0.5, 0.6) is 11.5 Å². The molecule has 2 amide bonds. The van der Waals surface area contributed by atoms with Crippen molar-refractivity contribution in [2.75, 3.05) is 17.4 Å². The third kappa shape index (κ3) is 5.53. The number of rotatable bonds is 7. The molecule has 4 aromatic rings. The van der Waals surface area contributed by atoms with Crippen molar-refractivity contribution in [1.29, 1.82) is 0 Å². The summed E-state index contributed by atoms with van der Waals surface area (Å²) in [6, 6.07) is 29.9. The number of amides is 2. The molecule has 180 valence electrons. The number of anilines is 2. The summed E-state index contributed by atoms with van der Waals surface area (Å²) in [7, 11) is 0. The number of benzene rings is 4. The molecule has 0 aromatic heterocycles. The summed E-state index contributed by atoms with van der Waals surface area (Å²) in [5.74, 6) is 0.914. The lowest BCUT2D eigenvalue weighted by Crippen LogP contribution is -2.19. The molecule has 36 heavy (non-hydrogen) atoms. The maximum absolute atomic E-state index is 13.4.